The summed E-state index contributed by atoms with van der Waals surface area (Å²) < 4.78 is 23.9. The van der Waals surface area contributed by atoms with Gasteiger partial charge < -0.3 is 15.4 Å². The Hall–Kier alpha value is -3.75. The number of rotatable bonds is 5. The molecule has 0 fully saturated rings. The number of methoxy groups -OCH3 is 1. The van der Waals surface area contributed by atoms with Crippen molar-refractivity contribution in [2.75, 3.05) is 17.7 Å². The van der Waals surface area contributed by atoms with E-state index < -0.39 is 5.82 Å². The normalized spacial score (nSPS) is 10.7. The zero-order chi connectivity index (χ0) is 17.9. The highest BCUT2D eigenvalue weighted by Gasteiger charge is 2.14. The van der Waals surface area contributed by atoms with Gasteiger partial charge in [0.2, 0.25) is 11.3 Å². The number of fused-ring (bicyclic) bond motifs is 1. The average molecular weight is 352 g/mol. The standard InChI is InChI=1S/C17H13FN6O2/c1-25-11-6-4-5-10(9-11)19-14-15(20-13-8-3-2-7-12(13)18)22-17-16(21-14)23-26-24-17/h2-9H,1H3,(H,19,21,23)(H,20,22,24). The smallest absolute Gasteiger partial charge is 0.245 e. The second kappa shape index (κ2) is 6.63. The molecule has 130 valence electrons. The molecule has 0 saturated heterocycles. The molecule has 0 aliphatic rings. The fourth-order valence-corrected chi connectivity index (χ4v) is 2.34. The molecule has 0 spiro atoms. The summed E-state index contributed by atoms with van der Waals surface area (Å²) in [6.45, 7) is 0. The van der Waals surface area contributed by atoms with Gasteiger partial charge in [0.25, 0.3) is 0 Å². The number of hydrogen-bond acceptors (Lipinski definition) is 8. The lowest BCUT2D eigenvalue weighted by atomic mass is 10.3. The number of aromatic nitrogens is 4. The van der Waals surface area contributed by atoms with Crippen molar-refractivity contribution < 1.29 is 13.8 Å². The minimum Gasteiger partial charge on any atom is -0.497 e. The summed E-state index contributed by atoms with van der Waals surface area (Å²) in [7, 11) is 1.58. The van der Waals surface area contributed by atoms with Crippen LogP contribution in [0.1, 0.15) is 0 Å². The highest BCUT2D eigenvalue weighted by atomic mass is 19.1. The fraction of sp³-hybridized carbons (Fsp3) is 0.0588. The summed E-state index contributed by atoms with van der Waals surface area (Å²) >= 11 is 0. The molecule has 0 aliphatic carbocycles. The molecule has 26 heavy (non-hydrogen) atoms. The van der Waals surface area contributed by atoms with Crippen LogP contribution in [0.15, 0.2) is 53.2 Å². The van der Waals surface area contributed by atoms with Crippen molar-refractivity contribution in [2.24, 2.45) is 0 Å². The van der Waals surface area contributed by atoms with E-state index in [1.807, 2.05) is 18.2 Å². The van der Waals surface area contributed by atoms with Crippen LogP contribution in [0, 0.1) is 5.82 Å². The van der Waals surface area contributed by atoms with E-state index in [1.165, 1.54) is 6.07 Å². The topological polar surface area (TPSA) is 98.0 Å². The first kappa shape index (κ1) is 15.8. The van der Waals surface area contributed by atoms with Gasteiger partial charge in [-0.1, -0.05) is 18.2 Å². The largest absolute Gasteiger partial charge is 0.497 e. The molecule has 0 unspecified atom stereocenters. The minimum atomic E-state index is -0.417. The highest BCUT2D eigenvalue weighted by Crippen LogP contribution is 2.28. The van der Waals surface area contributed by atoms with E-state index in [0.29, 0.717) is 17.3 Å². The van der Waals surface area contributed by atoms with Gasteiger partial charge >= 0.3 is 0 Å². The summed E-state index contributed by atoms with van der Waals surface area (Å²) in [6.07, 6.45) is 0. The van der Waals surface area contributed by atoms with Crippen molar-refractivity contribution in [3.63, 3.8) is 0 Å². The lowest BCUT2D eigenvalue weighted by Crippen LogP contribution is -2.04. The van der Waals surface area contributed by atoms with Crippen molar-refractivity contribution in [3.05, 3.63) is 54.3 Å². The summed E-state index contributed by atoms with van der Waals surface area (Å²) in [6, 6.07) is 13.5. The molecule has 0 saturated carbocycles. The van der Waals surface area contributed by atoms with E-state index in [1.54, 1.807) is 31.4 Å². The van der Waals surface area contributed by atoms with Gasteiger partial charge in [0, 0.05) is 11.8 Å². The number of para-hydroxylation sites is 1. The number of nitrogens with zero attached hydrogens (tertiary/aromatic N) is 4. The SMILES string of the molecule is COc1cccc(Nc2nc3nonc3nc2Nc2ccccc2F)c1. The third-order valence-electron chi connectivity index (χ3n) is 3.57. The summed E-state index contributed by atoms with van der Waals surface area (Å²) in [5, 5.41) is 13.4. The quantitative estimate of drug-likeness (QED) is 0.562. The number of hydrogen-bond donors (Lipinski definition) is 2. The zero-order valence-corrected chi connectivity index (χ0v) is 13.6. The summed E-state index contributed by atoms with van der Waals surface area (Å²) in [4.78, 5) is 8.65. The fourth-order valence-electron chi connectivity index (χ4n) is 2.34. The predicted octanol–water partition coefficient (Wildman–Crippen LogP) is 3.65. The number of ether oxygens (including phenoxy) is 1. The third-order valence-corrected chi connectivity index (χ3v) is 3.57. The van der Waals surface area contributed by atoms with Gasteiger partial charge in [0.05, 0.1) is 12.8 Å². The Kier molecular flexibility index (Phi) is 4.02. The molecule has 2 heterocycles. The van der Waals surface area contributed by atoms with Gasteiger partial charge in [-0.3, -0.25) is 0 Å². The summed E-state index contributed by atoms with van der Waals surface area (Å²) in [5.74, 6) is 0.876. The number of benzene rings is 2. The van der Waals surface area contributed by atoms with E-state index in [2.05, 4.69) is 35.5 Å². The first-order chi connectivity index (χ1) is 12.7. The van der Waals surface area contributed by atoms with E-state index in [4.69, 9.17) is 4.74 Å². The van der Waals surface area contributed by atoms with Crippen LogP contribution < -0.4 is 15.4 Å². The van der Waals surface area contributed by atoms with Crippen LogP contribution in [-0.4, -0.2) is 27.4 Å². The minimum absolute atomic E-state index is 0.208. The maximum Gasteiger partial charge on any atom is 0.245 e. The van der Waals surface area contributed by atoms with Crippen molar-refractivity contribution in [1.29, 1.82) is 0 Å². The van der Waals surface area contributed by atoms with Crippen LogP contribution in [0.2, 0.25) is 0 Å². The Balaban J connectivity index is 1.75. The van der Waals surface area contributed by atoms with Crippen LogP contribution >= 0.6 is 0 Å². The van der Waals surface area contributed by atoms with Gasteiger partial charge in [-0.05, 0) is 34.6 Å². The number of nitrogens with one attached hydrogen (secondary N) is 2. The molecule has 0 bridgehead atoms. The van der Waals surface area contributed by atoms with Crippen LogP contribution in [0.3, 0.4) is 0 Å². The van der Waals surface area contributed by atoms with Gasteiger partial charge in [0.15, 0.2) is 11.6 Å². The second-order valence-corrected chi connectivity index (χ2v) is 5.29. The molecule has 2 aromatic carbocycles. The van der Waals surface area contributed by atoms with Gasteiger partial charge in [-0.15, -0.1) is 0 Å². The molecule has 4 aromatic rings. The van der Waals surface area contributed by atoms with Gasteiger partial charge in [-0.25, -0.2) is 19.0 Å². The van der Waals surface area contributed by atoms with Gasteiger partial charge in [-0.2, -0.15) is 0 Å². The average Bonchev–Trinajstić information content (AvgIpc) is 3.11. The molecule has 2 N–H and O–H groups in total. The Morgan fingerprint density at radius 3 is 2.38 bits per heavy atom. The highest BCUT2D eigenvalue weighted by molar-refractivity contribution is 5.79. The molecule has 8 nitrogen and oxygen atoms in total. The number of halogens is 1. The van der Waals surface area contributed by atoms with E-state index >= 15 is 0 Å². The molecular weight excluding hydrogens is 339 g/mol. The first-order valence-corrected chi connectivity index (χ1v) is 7.66. The van der Waals surface area contributed by atoms with Crippen LogP contribution in [0.5, 0.6) is 5.75 Å². The maximum atomic E-state index is 14.0. The Morgan fingerprint density at radius 1 is 0.923 bits per heavy atom. The molecule has 4 rings (SSSR count). The molecule has 0 radical (unpaired) electrons. The Bertz CT molecular complexity index is 1070. The first-order valence-electron chi connectivity index (χ1n) is 7.66. The molecule has 9 heteroatoms. The Labute approximate surface area is 147 Å². The van der Waals surface area contributed by atoms with Crippen molar-refractivity contribution in [2.45, 2.75) is 0 Å². The summed E-state index contributed by atoms with van der Waals surface area (Å²) in [5.41, 5.74) is 1.41. The van der Waals surface area contributed by atoms with Crippen molar-refractivity contribution in [3.8, 4) is 5.75 Å². The Morgan fingerprint density at radius 2 is 1.65 bits per heavy atom. The van der Waals surface area contributed by atoms with Crippen molar-refractivity contribution in [1.82, 2.24) is 20.3 Å². The molecule has 0 atom stereocenters. The lowest BCUT2D eigenvalue weighted by molar-refractivity contribution is 0.314. The van der Waals surface area contributed by atoms with E-state index in [9.17, 15) is 4.39 Å². The van der Waals surface area contributed by atoms with Crippen LogP contribution in [0.25, 0.3) is 11.3 Å². The van der Waals surface area contributed by atoms with E-state index in [0.717, 1.165) is 0 Å². The van der Waals surface area contributed by atoms with Crippen LogP contribution in [0.4, 0.5) is 27.4 Å². The molecule has 0 amide bonds. The monoisotopic (exact) mass is 352 g/mol. The maximum absolute atomic E-state index is 14.0. The molecular formula is C17H13FN6O2. The predicted molar refractivity (Wildman–Crippen MR) is 93.4 cm³/mol. The van der Waals surface area contributed by atoms with Gasteiger partial charge in [0.1, 0.15) is 11.6 Å². The lowest BCUT2D eigenvalue weighted by Gasteiger charge is -2.12. The zero-order valence-electron chi connectivity index (χ0n) is 13.6. The van der Waals surface area contributed by atoms with Crippen LogP contribution in [-0.2, 0) is 0 Å². The number of anilines is 4. The van der Waals surface area contributed by atoms with Crippen molar-refractivity contribution >= 4 is 34.3 Å². The second-order valence-electron chi connectivity index (χ2n) is 5.29. The third kappa shape index (κ3) is 3.09. The van der Waals surface area contributed by atoms with E-state index in [-0.39, 0.29) is 22.8 Å². The molecule has 0 aliphatic heterocycles. The molecule has 2 aromatic heterocycles.